The van der Waals surface area contributed by atoms with Crippen LogP contribution in [-0.4, -0.2) is 20.9 Å². The Morgan fingerprint density at radius 1 is 1.30 bits per heavy atom. The van der Waals surface area contributed by atoms with Crippen molar-refractivity contribution in [2.75, 3.05) is 0 Å². The Morgan fingerprint density at radius 2 is 2.13 bits per heavy atom. The Morgan fingerprint density at radius 3 is 2.91 bits per heavy atom. The molecule has 1 atom stereocenters. The molecule has 6 heteroatoms. The molecule has 6 nitrogen and oxygen atoms in total. The van der Waals surface area contributed by atoms with E-state index in [-0.39, 0.29) is 6.10 Å². The lowest BCUT2D eigenvalue weighted by Crippen LogP contribution is -2.15. The smallest absolute Gasteiger partial charge is 0.250 e. The number of carbonyl (C=O) groups excluding carboxylic acids is 1. The molecule has 0 aliphatic heterocycles. The molecule has 0 saturated carbocycles. The summed E-state index contributed by atoms with van der Waals surface area (Å²) < 4.78 is 6.04. The van der Waals surface area contributed by atoms with Gasteiger partial charge in [0, 0.05) is 5.39 Å². The number of primary amides is 1. The molecule has 1 aliphatic rings. The van der Waals surface area contributed by atoms with Crippen LogP contribution in [0.5, 0.6) is 5.75 Å². The number of H-pyrrole nitrogens is 1. The standard InChI is InChI=1S/C17H16N4O2/c18-17(22)13-5-1-3-11-12-4-2-6-14(16(12)21-15(11)13)23-10-7-19-9-20-8-10/h1,3,5,7-9,14,21H,2,4,6H2,(H2,18,22). The van der Waals surface area contributed by atoms with Crippen molar-refractivity contribution in [3.05, 3.63) is 53.7 Å². The number of hydrogen-bond acceptors (Lipinski definition) is 4. The van der Waals surface area contributed by atoms with E-state index in [2.05, 4.69) is 15.0 Å². The number of fused-ring (bicyclic) bond motifs is 3. The van der Waals surface area contributed by atoms with E-state index in [1.807, 2.05) is 12.1 Å². The highest BCUT2D eigenvalue weighted by Crippen LogP contribution is 2.37. The van der Waals surface area contributed by atoms with Crippen molar-refractivity contribution in [3.63, 3.8) is 0 Å². The van der Waals surface area contributed by atoms with Crippen LogP contribution in [0.3, 0.4) is 0 Å². The molecule has 0 saturated heterocycles. The van der Waals surface area contributed by atoms with Crippen molar-refractivity contribution in [1.82, 2.24) is 15.0 Å². The number of aromatic nitrogens is 3. The highest BCUT2D eigenvalue weighted by Gasteiger charge is 2.27. The van der Waals surface area contributed by atoms with Gasteiger partial charge in [-0.15, -0.1) is 0 Å². The summed E-state index contributed by atoms with van der Waals surface area (Å²) in [5.41, 5.74) is 9.02. The van der Waals surface area contributed by atoms with Gasteiger partial charge in [0.2, 0.25) is 0 Å². The van der Waals surface area contributed by atoms with Crippen LogP contribution in [0.2, 0.25) is 0 Å². The normalized spacial score (nSPS) is 17.0. The number of carbonyl (C=O) groups is 1. The Balaban J connectivity index is 1.80. The maximum atomic E-state index is 11.7. The van der Waals surface area contributed by atoms with Gasteiger partial charge in [0.25, 0.3) is 5.91 Å². The van der Waals surface area contributed by atoms with Crippen LogP contribution < -0.4 is 10.5 Å². The zero-order chi connectivity index (χ0) is 15.8. The van der Waals surface area contributed by atoms with E-state index in [4.69, 9.17) is 10.5 Å². The first kappa shape index (κ1) is 13.8. The van der Waals surface area contributed by atoms with Crippen LogP contribution in [0.1, 0.15) is 40.6 Å². The van der Waals surface area contributed by atoms with E-state index >= 15 is 0 Å². The molecule has 1 aliphatic carbocycles. The molecule has 1 amide bonds. The number of nitrogens with zero attached hydrogens (tertiary/aromatic N) is 2. The lowest BCUT2D eigenvalue weighted by atomic mass is 9.93. The van der Waals surface area contributed by atoms with Crippen molar-refractivity contribution in [1.29, 1.82) is 0 Å². The zero-order valence-electron chi connectivity index (χ0n) is 12.5. The number of aromatic amines is 1. The fourth-order valence-electron chi connectivity index (χ4n) is 3.28. The van der Waals surface area contributed by atoms with Gasteiger partial charge in [-0.25, -0.2) is 9.97 Å². The number of ether oxygens (including phenoxy) is 1. The molecule has 1 aromatic carbocycles. The van der Waals surface area contributed by atoms with Gasteiger partial charge in [0.15, 0.2) is 5.75 Å². The van der Waals surface area contributed by atoms with E-state index in [0.717, 1.165) is 35.9 Å². The Bertz CT molecular complexity index is 873. The minimum Gasteiger partial charge on any atom is -0.481 e. The Kier molecular flexibility index (Phi) is 3.22. The summed E-state index contributed by atoms with van der Waals surface area (Å²) >= 11 is 0. The third-order valence-electron chi connectivity index (χ3n) is 4.27. The highest BCUT2D eigenvalue weighted by atomic mass is 16.5. The zero-order valence-corrected chi connectivity index (χ0v) is 12.5. The Labute approximate surface area is 132 Å². The minimum atomic E-state index is -0.428. The van der Waals surface area contributed by atoms with E-state index in [1.165, 1.54) is 11.9 Å². The van der Waals surface area contributed by atoms with Gasteiger partial charge in [-0.1, -0.05) is 12.1 Å². The molecule has 1 unspecified atom stereocenters. The van der Waals surface area contributed by atoms with E-state index in [0.29, 0.717) is 11.3 Å². The second kappa shape index (κ2) is 5.39. The predicted molar refractivity (Wildman–Crippen MR) is 85.2 cm³/mol. The molecule has 0 spiro atoms. The Hall–Kier alpha value is -2.89. The van der Waals surface area contributed by atoms with Crippen molar-refractivity contribution in [2.24, 2.45) is 5.73 Å². The molecule has 2 heterocycles. The summed E-state index contributed by atoms with van der Waals surface area (Å²) in [4.78, 5) is 23.0. The lowest BCUT2D eigenvalue weighted by Gasteiger charge is -2.23. The number of rotatable bonds is 3. The number of nitrogens with one attached hydrogen (secondary N) is 1. The predicted octanol–water partition coefficient (Wildman–Crippen LogP) is 2.51. The summed E-state index contributed by atoms with van der Waals surface area (Å²) in [7, 11) is 0. The molecule has 0 fully saturated rings. The average Bonchev–Trinajstić information content (AvgIpc) is 2.95. The fourth-order valence-corrected chi connectivity index (χ4v) is 3.28. The summed E-state index contributed by atoms with van der Waals surface area (Å²) in [5, 5.41) is 1.05. The summed E-state index contributed by atoms with van der Waals surface area (Å²) in [6, 6.07) is 5.63. The largest absolute Gasteiger partial charge is 0.481 e. The minimum absolute atomic E-state index is 0.0992. The van der Waals surface area contributed by atoms with Gasteiger partial charge >= 0.3 is 0 Å². The molecule has 3 N–H and O–H groups in total. The van der Waals surface area contributed by atoms with Crippen molar-refractivity contribution in [3.8, 4) is 5.75 Å². The molecule has 0 bridgehead atoms. The summed E-state index contributed by atoms with van der Waals surface area (Å²) in [6.45, 7) is 0. The second-order valence-electron chi connectivity index (χ2n) is 5.68. The molecule has 116 valence electrons. The maximum Gasteiger partial charge on any atom is 0.250 e. The molecular formula is C17H16N4O2. The highest BCUT2D eigenvalue weighted by molar-refractivity contribution is 6.06. The van der Waals surface area contributed by atoms with Crippen molar-refractivity contribution in [2.45, 2.75) is 25.4 Å². The monoisotopic (exact) mass is 308 g/mol. The summed E-state index contributed by atoms with van der Waals surface area (Å²) in [6.07, 6.45) is 7.57. The third-order valence-corrected chi connectivity index (χ3v) is 4.27. The SMILES string of the molecule is NC(=O)c1cccc2c3c([nH]c12)C(Oc1cncnc1)CCC3. The number of hydrogen-bond donors (Lipinski definition) is 2. The van der Waals surface area contributed by atoms with Gasteiger partial charge in [0.05, 0.1) is 29.2 Å². The number of para-hydroxylation sites is 1. The average molecular weight is 308 g/mol. The van der Waals surface area contributed by atoms with Gasteiger partial charge in [-0.3, -0.25) is 4.79 Å². The first-order valence-electron chi connectivity index (χ1n) is 7.59. The number of aryl methyl sites for hydroxylation is 1. The summed E-state index contributed by atoms with van der Waals surface area (Å²) in [5.74, 6) is 0.210. The van der Waals surface area contributed by atoms with Crippen molar-refractivity contribution >= 4 is 16.8 Å². The molecule has 23 heavy (non-hydrogen) atoms. The first-order chi connectivity index (χ1) is 11.2. The van der Waals surface area contributed by atoms with Gasteiger partial charge in [0.1, 0.15) is 12.4 Å². The van der Waals surface area contributed by atoms with Gasteiger partial charge in [-0.05, 0) is 30.9 Å². The quantitative estimate of drug-likeness (QED) is 0.777. The van der Waals surface area contributed by atoms with Crippen LogP contribution in [0.4, 0.5) is 0 Å². The van der Waals surface area contributed by atoms with Crippen LogP contribution in [0.15, 0.2) is 36.9 Å². The number of benzene rings is 1. The number of amides is 1. The molecule has 3 aromatic rings. The van der Waals surface area contributed by atoms with E-state index in [1.54, 1.807) is 18.5 Å². The second-order valence-corrected chi connectivity index (χ2v) is 5.68. The van der Waals surface area contributed by atoms with E-state index < -0.39 is 5.91 Å². The molecular weight excluding hydrogens is 292 g/mol. The lowest BCUT2D eigenvalue weighted by molar-refractivity contribution is 0.100. The third kappa shape index (κ3) is 2.32. The topological polar surface area (TPSA) is 93.9 Å². The van der Waals surface area contributed by atoms with Crippen molar-refractivity contribution < 1.29 is 9.53 Å². The van der Waals surface area contributed by atoms with Crippen LogP contribution in [0, 0.1) is 0 Å². The van der Waals surface area contributed by atoms with Crippen LogP contribution in [-0.2, 0) is 6.42 Å². The number of nitrogens with two attached hydrogens (primary N) is 1. The molecule has 0 radical (unpaired) electrons. The van der Waals surface area contributed by atoms with Crippen LogP contribution in [0.25, 0.3) is 10.9 Å². The van der Waals surface area contributed by atoms with E-state index in [9.17, 15) is 4.79 Å². The van der Waals surface area contributed by atoms with Gasteiger partial charge < -0.3 is 15.5 Å². The first-order valence-corrected chi connectivity index (χ1v) is 7.59. The fraction of sp³-hybridized carbons (Fsp3) is 0.235. The van der Waals surface area contributed by atoms with Gasteiger partial charge in [-0.2, -0.15) is 0 Å². The molecule has 2 aromatic heterocycles. The van der Waals surface area contributed by atoms with Crippen LogP contribution >= 0.6 is 0 Å². The maximum absolute atomic E-state index is 11.7. The molecule has 4 rings (SSSR count).